The van der Waals surface area contributed by atoms with Gasteiger partial charge in [0.15, 0.2) is 0 Å². The molecule has 2 aliphatic carbocycles. The second kappa shape index (κ2) is 8.85. The molecule has 2 atom stereocenters. The third kappa shape index (κ3) is 5.74. The van der Waals surface area contributed by atoms with Crippen molar-refractivity contribution in [3.8, 4) is 0 Å². The molecule has 0 amide bonds. The molecule has 0 aromatic rings. The van der Waals surface area contributed by atoms with Crippen LogP contribution in [0, 0.1) is 28.6 Å². The van der Waals surface area contributed by atoms with Crippen LogP contribution in [0.2, 0.25) is 0 Å². The van der Waals surface area contributed by atoms with Gasteiger partial charge < -0.3 is 10.2 Å². The minimum atomic E-state index is -0.0851. The lowest BCUT2D eigenvalue weighted by Gasteiger charge is -2.47. The molecule has 2 heteroatoms. The molecule has 0 spiro atoms. The minimum absolute atomic E-state index is 0.0851. The Hall–Kier alpha value is -0.0800. The van der Waals surface area contributed by atoms with Crippen LogP contribution in [-0.4, -0.2) is 22.9 Å². The average molecular weight is 327 g/mol. The van der Waals surface area contributed by atoms with Gasteiger partial charge in [-0.2, -0.15) is 0 Å². The van der Waals surface area contributed by atoms with Gasteiger partial charge in [0, 0.05) is 6.61 Å². The summed E-state index contributed by atoms with van der Waals surface area (Å²) in [5, 5.41) is 18.7. The molecule has 0 saturated heterocycles. The number of hydrogen-bond donors (Lipinski definition) is 2. The van der Waals surface area contributed by atoms with Gasteiger partial charge in [0.2, 0.25) is 0 Å². The third-order valence-corrected chi connectivity index (χ3v) is 7.20. The highest BCUT2D eigenvalue weighted by Gasteiger charge is 2.41. The van der Waals surface area contributed by atoms with Gasteiger partial charge >= 0.3 is 0 Å². The van der Waals surface area contributed by atoms with Crippen molar-refractivity contribution in [2.24, 2.45) is 28.6 Å². The van der Waals surface area contributed by atoms with E-state index in [1.165, 1.54) is 51.4 Å². The van der Waals surface area contributed by atoms with Crippen LogP contribution < -0.4 is 0 Å². The lowest BCUT2D eigenvalue weighted by atomic mass is 9.59. The standard InChI is InChI=1S/C11H22O.C10H20O/c1-8(2)10-4-6-11(7-5-10)9(3)12;1-9(2)6-4-5-7-10(9,3)8-11/h8-12H,4-7H2,1-3H3;11H,4-8H2,1-3H3. The lowest BCUT2D eigenvalue weighted by Crippen LogP contribution is -2.40. The normalized spacial score (nSPS) is 35.3. The Bertz CT molecular complexity index is 311. The van der Waals surface area contributed by atoms with Gasteiger partial charge in [-0.3, -0.25) is 0 Å². The smallest absolute Gasteiger partial charge is 0.0540 e. The van der Waals surface area contributed by atoms with E-state index >= 15 is 0 Å². The predicted molar refractivity (Wildman–Crippen MR) is 99.4 cm³/mol. The Balaban J connectivity index is 0.000000231. The zero-order valence-corrected chi connectivity index (χ0v) is 16.6. The molecule has 2 fully saturated rings. The maximum absolute atomic E-state index is 9.40. The van der Waals surface area contributed by atoms with Gasteiger partial charge in [-0.15, -0.1) is 0 Å². The van der Waals surface area contributed by atoms with Gasteiger partial charge in [0.25, 0.3) is 0 Å². The zero-order chi connectivity index (χ0) is 17.7. The van der Waals surface area contributed by atoms with Crippen LogP contribution in [0.15, 0.2) is 0 Å². The topological polar surface area (TPSA) is 40.5 Å². The van der Waals surface area contributed by atoms with Crippen LogP contribution in [-0.2, 0) is 0 Å². The van der Waals surface area contributed by atoms with Crippen LogP contribution in [0.3, 0.4) is 0 Å². The van der Waals surface area contributed by atoms with E-state index in [0.29, 0.717) is 17.9 Å². The summed E-state index contributed by atoms with van der Waals surface area (Å²) in [6.45, 7) is 13.7. The molecule has 2 nitrogen and oxygen atoms in total. The fourth-order valence-corrected chi connectivity index (χ4v) is 4.31. The number of aliphatic hydroxyl groups is 2. The summed E-state index contributed by atoms with van der Waals surface area (Å²) in [5.74, 6) is 2.33. The fourth-order valence-electron chi connectivity index (χ4n) is 4.31. The van der Waals surface area contributed by atoms with Gasteiger partial charge in [-0.25, -0.2) is 0 Å². The largest absolute Gasteiger partial charge is 0.396 e. The molecule has 23 heavy (non-hydrogen) atoms. The van der Waals surface area contributed by atoms with Crippen molar-refractivity contribution < 1.29 is 10.2 Å². The molecule has 2 unspecified atom stereocenters. The van der Waals surface area contributed by atoms with E-state index < -0.39 is 0 Å². The molecule has 2 N–H and O–H groups in total. The molecular formula is C21H42O2. The predicted octanol–water partition coefficient (Wildman–Crippen LogP) is 5.41. The molecule has 0 aromatic heterocycles. The third-order valence-electron chi connectivity index (χ3n) is 7.20. The Morgan fingerprint density at radius 1 is 0.870 bits per heavy atom. The van der Waals surface area contributed by atoms with E-state index in [4.69, 9.17) is 0 Å². The Labute approximate surface area is 145 Å². The lowest BCUT2D eigenvalue weighted by molar-refractivity contribution is -0.0181. The van der Waals surface area contributed by atoms with Crippen molar-refractivity contribution in [2.45, 2.75) is 99.0 Å². The van der Waals surface area contributed by atoms with Crippen molar-refractivity contribution in [2.75, 3.05) is 6.61 Å². The van der Waals surface area contributed by atoms with Crippen LogP contribution in [0.5, 0.6) is 0 Å². The molecule has 0 heterocycles. The Morgan fingerprint density at radius 2 is 1.35 bits per heavy atom. The summed E-state index contributed by atoms with van der Waals surface area (Å²) in [6, 6.07) is 0. The van der Waals surface area contributed by atoms with Crippen molar-refractivity contribution in [1.82, 2.24) is 0 Å². The first-order valence-electron chi connectivity index (χ1n) is 9.92. The highest BCUT2D eigenvalue weighted by atomic mass is 16.3. The monoisotopic (exact) mass is 326 g/mol. The molecule has 0 aromatic carbocycles. The molecule has 0 aliphatic heterocycles. The molecule has 0 bridgehead atoms. The van der Waals surface area contributed by atoms with Crippen molar-refractivity contribution in [1.29, 1.82) is 0 Å². The number of rotatable bonds is 3. The van der Waals surface area contributed by atoms with E-state index in [0.717, 1.165) is 11.8 Å². The molecular weight excluding hydrogens is 284 g/mol. The Kier molecular flexibility index (Phi) is 8.07. The maximum Gasteiger partial charge on any atom is 0.0540 e. The molecule has 0 radical (unpaired) electrons. The summed E-state index contributed by atoms with van der Waals surface area (Å²) in [7, 11) is 0. The first-order valence-corrected chi connectivity index (χ1v) is 9.92. The highest BCUT2D eigenvalue weighted by molar-refractivity contribution is 4.92. The van der Waals surface area contributed by atoms with Crippen LogP contribution >= 0.6 is 0 Å². The van der Waals surface area contributed by atoms with E-state index in [-0.39, 0.29) is 11.5 Å². The first kappa shape index (κ1) is 21.0. The fraction of sp³-hybridized carbons (Fsp3) is 1.00. The molecule has 2 saturated carbocycles. The zero-order valence-electron chi connectivity index (χ0n) is 16.6. The van der Waals surface area contributed by atoms with E-state index in [9.17, 15) is 10.2 Å². The summed E-state index contributed by atoms with van der Waals surface area (Å²) in [4.78, 5) is 0. The van der Waals surface area contributed by atoms with Gasteiger partial charge in [0.05, 0.1) is 6.10 Å². The molecule has 2 rings (SSSR count). The van der Waals surface area contributed by atoms with Gasteiger partial charge in [-0.1, -0.05) is 47.5 Å². The molecule has 2 aliphatic rings. The quantitative estimate of drug-likeness (QED) is 0.727. The summed E-state index contributed by atoms with van der Waals surface area (Å²) < 4.78 is 0. The highest BCUT2D eigenvalue weighted by Crippen LogP contribution is 2.49. The molecule has 138 valence electrons. The van der Waals surface area contributed by atoms with E-state index in [1.807, 2.05) is 6.92 Å². The van der Waals surface area contributed by atoms with Gasteiger partial charge in [0.1, 0.15) is 0 Å². The van der Waals surface area contributed by atoms with Crippen LogP contribution in [0.25, 0.3) is 0 Å². The summed E-state index contributed by atoms with van der Waals surface area (Å²) in [5.41, 5.74) is 0.505. The van der Waals surface area contributed by atoms with E-state index in [2.05, 4.69) is 34.6 Å². The van der Waals surface area contributed by atoms with Crippen LogP contribution in [0.4, 0.5) is 0 Å². The Morgan fingerprint density at radius 3 is 1.70 bits per heavy atom. The second-order valence-electron chi connectivity index (χ2n) is 9.47. The number of aliphatic hydroxyl groups excluding tert-OH is 2. The first-order chi connectivity index (χ1) is 10.6. The maximum atomic E-state index is 9.40. The summed E-state index contributed by atoms with van der Waals surface area (Å²) >= 11 is 0. The summed E-state index contributed by atoms with van der Waals surface area (Å²) in [6.07, 6.45) is 10.1. The van der Waals surface area contributed by atoms with Crippen molar-refractivity contribution in [3.63, 3.8) is 0 Å². The van der Waals surface area contributed by atoms with Crippen molar-refractivity contribution in [3.05, 3.63) is 0 Å². The minimum Gasteiger partial charge on any atom is -0.396 e. The number of hydrogen-bond acceptors (Lipinski definition) is 2. The van der Waals surface area contributed by atoms with Crippen molar-refractivity contribution >= 4 is 0 Å². The SMILES string of the molecule is CC(C)C1CCC(C(C)O)CC1.CC1(C)CCCCC1(C)CO. The van der Waals surface area contributed by atoms with Gasteiger partial charge in [-0.05, 0) is 74.0 Å². The van der Waals surface area contributed by atoms with E-state index in [1.54, 1.807) is 0 Å². The average Bonchev–Trinajstić information content (AvgIpc) is 2.51. The second-order valence-corrected chi connectivity index (χ2v) is 9.47. The van der Waals surface area contributed by atoms with Crippen LogP contribution in [0.1, 0.15) is 92.9 Å².